The van der Waals surface area contributed by atoms with Gasteiger partial charge in [0, 0.05) is 44.5 Å². The fraction of sp³-hybridized carbons (Fsp3) is 0.545. The number of aliphatic imine (C=N–C) groups is 1. The molecule has 1 atom stereocenters. The van der Waals surface area contributed by atoms with Crippen LogP contribution in [0.3, 0.4) is 0 Å². The van der Waals surface area contributed by atoms with Crippen molar-refractivity contribution in [3.05, 3.63) is 54.1 Å². The molecule has 0 spiro atoms. The standard InChI is InChI=1S/C22H35N5/c1-5-23-22(26-19(4)12-11-18(2)3)25-14-13-21-24-15-16-27(21)17-20-9-7-6-8-10-20/h6-10,15-16,18-19H,5,11-14,17H2,1-4H3,(H2,23,25,26). The van der Waals surface area contributed by atoms with E-state index in [4.69, 9.17) is 4.99 Å². The number of hydrogen-bond donors (Lipinski definition) is 2. The molecule has 1 heterocycles. The highest BCUT2D eigenvalue weighted by Gasteiger charge is 2.07. The highest BCUT2D eigenvalue weighted by atomic mass is 15.2. The van der Waals surface area contributed by atoms with Crippen LogP contribution in [0.25, 0.3) is 0 Å². The lowest BCUT2D eigenvalue weighted by molar-refractivity contribution is 0.489. The van der Waals surface area contributed by atoms with E-state index in [1.54, 1.807) is 0 Å². The van der Waals surface area contributed by atoms with Crippen molar-refractivity contribution in [1.29, 1.82) is 0 Å². The lowest BCUT2D eigenvalue weighted by atomic mass is 10.0. The van der Waals surface area contributed by atoms with Crippen LogP contribution < -0.4 is 10.6 Å². The summed E-state index contributed by atoms with van der Waals surface area (Å²) in [5.74, 6) is 2.71. The van der Waals surface area contributed by atoms with E-state index in [0.717, 1.165) is 50.2 Å². The lowest BCUT2D eigenvalue weighted by Gasteiger charge is -2.18. The van der Waals surface area contributed by atoms with Crippen molar-refractivity contribution in [2.24, 2.45) is 10.9 Å². The summed E-state index contributed by atoms with van der Waals surface area (Å²) in [7, 11) is 0. The number of nitrogens with one attached hydrogen (secondary N) is 2. The second-order valence-corrected chi connectivity index (χ2v) is 7.48. The van der Waals surface area contributed by atoms with Gasteiger partial charge in [-0.2, -0.15) is 0 Å². The molecule has 148 valence electrons. The van der Waals surface area contributed by atoms with Gasteiger partial charge >= 0.3 is 0 Å². The highest BCUT2D eigenvalue weighted by molar-refractivity contribution is 5.80. The number of hydrogen-bond acceptors (Lipinski definition) is 2. The van der Waals surface area contributed by atoms with Gasteiger partial charge in [-0.15, -0.1) is 0 Å². The fourth-order valence-corrected chi connectivity index (χ4v) is 2.97. The zero-order valence-electron chi connectivity index (χ0n) is 17.3. The minimum absolute atomic E-state index is 0.422. The van der Waals surface area contributed by atoms with Crippen molar-refractivity contribution >= 4 is 5.96 Å². The average Bonchev–Trinajstić information content (AvgIpc) is 3.08. The summed E-state index contributed by atoms with van der Waals surface area (Å²) >= 11 is 0. The summed E-state index contributed by atoms with van der Waals surface area (Å²) in [6.45, 7) is 11.3. The van der Waals surface area contributed by atoms with Crippen molar-refractivity contribution in [3.8, 4) is 0 Å². The van der Waals surface area contributed by atoms with Gasteiger partial charge in [0.2, 0.25) is 0 Å². The van der Waals surface area contributed by atoms with Crippen LogP contribution in [-0.2, 0) is 13.0 Å². The monoisotopic (exact) mass is 369 g/mol. The van der Waals surface area contributed by atoms with Gasteiger partial charge in [-0.25, -0.2) is 4.98 Å². The molecule has 5 heteroatoms. The van der Waals surface area contributed by atoms with Gasteiger partial charge in [0.15, 0.2) is 5.96 Å². The molecule has 2 rings (SSSR count). The van der Waals surface area contributed by atoms with Gasteiger partial charge in [0.05, 0.1) is 0 Å². The van der Waals surface area contributed by atoms with E-state index in [2.05, 4.69) is 72.1 Å². The Balaban J connectivity index is 1.89. The largest absolute Gasteiger partial charge is 0.357 e. The van der Waals surface area contributed by atoms with Gasteiger partial charge in [-0.3, -0.25) is 4.99 Å². The Labute approximate surface area is 164 Å². The van der Waals surface area contributed by atoms with Crippen LogP contribution in [0.4, 0.5) is 0 Å². The summed E-state index contributed by atoms with van der Waals surface area (Å²) in [4.78, 5) is 9.26. The number of rotatable bonds is 10. The zero-order valence-corrected chi connectivity index (χ0v) is 17.3. The van der Waals surface area contributed by atoms with Gasteiger partial charge in [0.25, 0.3) is 0 Å². The van der Waals surface area contributed by atoms with Crippen molar-refractivity contribution in [1.82, 2.24) is 20.2 Å². The molecule has 0 aliphatic rings. The molecule has 2 aromatic rings. The minimum atomic E-state index is 0.422. The maximum atomic E-state index is 4.74. The second kappa shape index (κ2) is 11.4. The molecular weight excluding hydrogens is 334 g/mol. The van der Waals surface area contributed by atoms with Gasteiger partial charge in [-0.05, 0) is 38.2 Å². The zero-order chi connectivity index (χ0) is 19.5. The number of nitrogens with zero attached hydrogens (tertiary/aromatic N) is 3. The third kappa shape index (κ3) is 7.85. The number of guanidine groups is 1. The van der Waals surface area contributed by atoms with Crippen molar-refractivity contribution in [2.75, 3.05) is 13.1 Å². The number of imidazole rings is 1. The molecule has 2 N–H and O–H groups in total. The molecule has 0 radical (unpaired) electrons. The molecule has 0 saturated heterocycles. The molecule has 27 heavy (non-hydrogen) atoms. The Bertz CT molecular complexity index is 675. The number of benzene rings is 1. The number of aromatic nitrogens is 2. The lowest BCUT2D eigenvalue weighted by Crippen LogP contribution is -2.42. The third-order valence-electron chi connectivity index (χ3n) is 4.51. The van der Waals surface area contributed by atoms with E-state index in [-0.39, 0.29) is 0 Å². The summed E-state index contributed by atoms with van der Waals surface area (Å²) in [5.41, 5.74) is 1.29. The van der Waals surface area contributed by atoms with Crippen LogP contribution in [0.1, 0.15) is 51.9 Å². The van der Waals surface area contributed by atoms with E-state index in [9.17, 15) is 0 Å². The van der Waals surface area contributed by atoms with Gasteiger partial charge < -0.3 is 15.2 Å². The molecule has 1 unspecified atom stereocenters. The first-order valence-corrected chi connectivity index (χ1v) is 10.2. The fourth-order valence-electron chi connectivity index (χ4n) is 2.97. The van der Waals surface area contributed by atoms with Crippen molar-refractivity contribution in [3.63, 3.8) is 0 Å². The smallest absolute Gasteiger partial charge is 0.191 e. The predicted octanol–water partition coefficient (Wildman–Crippen LogP) is 3.85. The normalized spacial score (nSPS) is 13.0. The summed E-state index contributed by atoms with van der Waals surface area (Å²) in [5, 5.41) is 6.87. The molecular formula is C22H35N5. The molecule has 0 fully saturated rings. The summed E-state index contributed by atoms with van der Waals surface area (Å²) < 4.78 is 2.20. The molecule has 5 nitrogen and oxygen atoms in total. The van der Waals surface area contributed by atoms with Crippen LogP contribution in [-0.4, -0.2) is 34.6 Å². The molecule has 0 amide bonds. The summed E-state index contributed by atoms with van der Waals surface area (Å²) in [6.07, 6.45) is 7.13. The Morgan fingerprint density at radius 2 is 1.93 bits per heavy atom. The predicted molar refractivity (Wildman–Crippen MR) is 114 cm³/mol. The molecule has 1 aromatic heterocycles. The SMILES string of the molecule is CCNC(=NCCc1nccn1Cc1ccccc1)NC(C)CCC(C)C. The molecule has 0 aliphatic heterocycles. The van der Waals surface area contributed by atoms with Crippen LogP contribution in [0.15, 0.2) is 47.7 Å². The maximum absolute atomic E-state index is 4.74. The first kappa shape index (κ1) is 21.0. The topological polar surface area (TPSA) is 54.2 Å². The molecule has 0 aliphatic carbocycles. The van der Waals surface area contributed by atoms with Crippen LogP contribution in [0.5, 0.6) is 0 Å². The quantitative estimate of drug-likeness (QED) is 0.494. The third-order valence-corrected chi connectivity index (χ3v) is 4.51. The first-order chi connectivity index (χ1) is 13.1. The molecule has 0 saturated carbocycles. The van der Waals surface area contributed by atoms with Crippen LogP contribution in [0, 0.1) is 5.92 Å². The van der Waals surface area contributed by atoms with Gasteiger partial charge in [0.1, 0.15) is 5.82 Å². The summed E-state index contributed by atoms with van der Waals surface area (Å²) in [6, 6.07) is 10.9. The average molecular weight is 370 g/mol. The first-order valence-electron chi connectivity index (χ1n) is 10.2. The maximum Gasteiger partial charge on any atom is 0.191 e. The Kier molecular flexibility index (Phi) is 8.89. The van der Waals surface area contributed by atoms with Crippen molar-refractivity contribution < 1.29 is 0 Å². The van der Waals surface area contributed by atoms with E-state index in [1.807, 2.05) is 18.5 Å². The second-order valence-electron chi connectivity index (χ2n) is 7.48. The minimum Gasteiger partial charge on any atom is -0.357 e. The van der Waals surface area contributed by atoms with Crippen LogP contribution >= 0.6 is 0 Å². The Hall–Kier alpha value is -2.30. The highest BCUT2D eigenvalue weighted by Crippen LogP contribution is 2.07. The molecule has 1 aromatic carbocycles. The van der Waals surface area contributed by atoms with E-state index < -0.39 is 0 Å². The van der Waals surface area contributed by atoms with E-state index in [1.165, 1.54) is 12.0 Å². The van der Waals surface area contributed by atoms with Crippen LogP contribution in [0.2, 0.25) is 0 Å². The Morgan fingerprint density at radius 3 is 2.63 bits per heavy atom. The van der Waals surface area contributed by atoms with Gasteiger partial charge in [-0.1, -0.05) is 44.2 Å². The molecule has 0 bridgehead atoms. The Morgan fingerprint density at radius 1 is 1.15 bits per heavy atom. The van der Waals surface area contributed by atoms with Crippen molar-refractivity contribution in [2.45, 2.75) is 59.5 Å². The van der Waals surface area contributed by atoms with E-state index >= 15 is 0 Å². The van der Waals surface area contributed by atoms with E-state index in [0.29, 0.717) is 6.04 Å².